The van der Waals surface area contributed by atoms with Gasteiger partial charge in [0, 0.05) is 6.54 Å². The molecule has 0 heterocycles. The molecular formula is C13H15FN2O5. The summed E-state index contributed by atoms with van der Waals surface area (Å²) >= 11 is 0. The largest absolute Gasteiger partial charge is 0.480 e. The zero-order chi connectivity index (χ0) is 16.2. The minimum absolute atomic E-state index is 0.0206. The van der Waals surface area contributed by atoms with Crippen LogP contribution in [0.1, 0.15) is 24.2 Å². The number of carbonyl (C=O) groups excluding carboxylic acids is 1. The summed E-state index contributed by atoms with van der Waals surface area (Å²) in [5.74, 6) is -2.90. The van der Waals surface area contributed by atoms with Crippen molar-refractivity contribution in [3.05, 3.63) is 39.7 Å². The third-order valence-electron chi connectivity index (χ3n) is 2.59. The molecular weight excluding hydrogens is 283 g/mol. The maximum Gasteiger partial charge on any atom is 0.323 e. The molecule has 21 heavy (non-hydrogen) atoms. The average Bonchev–Trinajstić information content (AvgIpc) is 2.35. The first-order valence-corrected chi connectivity index (χ1v) is 6.17. The Bertz CT molecular complexity index is 574. The van der Waals surface area contributed by atoms with E-state index in [9.17, 15) is 24.1 Å². The van der Waals surface area contributed by atoms with Crippen molar-refractivity contribution >= 4 is 17.6 Å². The second-order valence-electron chi connectivity index (χ2n) is 4.89. The SMILES string of the molecule is CC(C)CN(CC(=O)O)C(=O)c1ccc(F)cc1[N+](=O)[O-]. The van der Waals surface area contributed by atoms with E-state index in [0.29, 0.717) is 6.07 Å². The fraction of sp³-hybridized carbons (Fsp3) is 0.385. The first kappa shape index (κ1) is 16.5. The molecule has 0 spiro atoms. The second kappa shape index (κ2) is 6.78. The number of nitro groups is 1. The zero-order valence-electron chi connectivity index (χ0n) is 11.6. The molecule has 1 aromatic carbocycles. The minimum atomic E-state index is -1.23. The predicted octanol–water partition coefficient (Wildman–Crippen LogP) is 1.92. The van der Waals surface area contributed by atoms with Gasteiger partial charge in [0.1, 0.15) is 17.9 Å². The van der Waals surface area contributed by atoms with Gasteiger partial charge in [0.25, 0.3) is 11.6 Å². The van der Waals surface area contributed by atoms with Gasteiger partial charge in [0.05, 0.1) is 11.0 Å². The van der Waals surface area contributed by atoms with Crippen LogP contribution < -0.4 is 0 Å². The van der Waals surface area contributed by atoms with Crippen molar-refractivity contribution in [3.63, 3.8) is 0 Å². The Morgan fingerprint density at radius 3 is 2.52 bits per heavy atom. The number of benzene rings is 1. The lowest BCUT2D eigenvalue weighted by Crippen LogP contribution is -2.38. The number of nitro benzene ring substituents is 1. The molecule has 0 unspecified atom stereocenters. The van der Waals surface area contributed by atoms with Gasteiger partial charge in [-0.25, -0.2) is 4.39 Å². The first-order chi connectivity index (χ1) is 9.72. The number of halogens is 1. The Morgan fingerprint density at radius 2 is 2.05 bits per heavy atom. The smallest absolute Gasteiger partial charge is 0.323 e. The molecule has 1 amide bonds. The molecule has 0 fully saturated rings. The molecule has 0 saturated carbocycles. The van der Waals surface area contributed by atoms with Crippen molar-refractivity contribution in [3.8, 4) is 0 Å². The van der Waals surface area contributed by atoms with Gasteiger partial charge in [-0.15, -0.1) is 0 Å². The highest BCUT2D eigenvalue weighted by molar-refractivity contribution is 5.99. The van der Waals surface area contributed by atoms with E-state index < -0.39 is 34.8 Å². The number of hydrogen-bond acceptors (Lipinski definition) is 4. The van der Waals surface area contributed by atoms with E-state index in [1.54, 1.807) is 13.8 Å². The zero-order valence-corrected chi connectivity index (χ0v) is 11.6. The van der Waals surface area contributed by atoms with Crippen LogP contribution in [-0.4, -0.2) is 39.9 Å². The van der Waals surface area contributed by atoms with Gasteiger partial charge in [-0.05, 0) is 18.1 Å². The van der Waals surface area contributed by atoms with Crippen LogP contribution in [0.4, 0.5) is 10.1 Å². The molecule has 0 radical (unpaired) electrons. The van der Waals surface area contributed by atoms with Crippen LogP contribution in [0.15, 0.2) is 18.2 Å². The van der Waals surface area contributed by atoms with E-state index in [0.717, 1.165) is 17.0 Å². The molecule has 7 nitrogen and oxygen atoms in total. The van der Waals surface area contributed by atoms with E-state index in [1.165, 1.54) is 0 Å². The van der Waals surface area contributed by atoms with E-state index in [1.807, 2.05) is 0 Å². The van der Waals surface area contributed by atoms with Gasteiger partial charge in [0.2, 0.25) is 0 Å². The van der Waals surface area contributed by atoms with Crippen LogP contribution in [-0.2, 0) is 4.79 Å². The molecule has 1 N–H and O–H groups in total. The van der Waals surface area contributed by atoms with E-state index in [2.05, 4.69) is 0 Å². The summed E-state index contributed by atoms with van der Waals surface area (Å²) in [4.78, 5) is 34.1. The molecule has 0 aliphatic rings. The van der Waals surface area contributed by atoms with Crippen LogP contribution in [0.3, 0.4) is 0 Å². The summed E-state index contributed by atoms with van der Waals surface area (Å²) in [6.45, 7) is 3.10. The fourth-order valence-corrected chi connectivity index (χ4v) is 1.83. The summed E-state index contributed by atoms with van der Waals surface area (Å²) in [7, 11) is 0. The monoisotopic (exact) mass is 298 g/mol. The Hall–Kier alpha value is -2.51. The van der Waals surface area contributed by atoms with Crippen LogP contribution >= 0.6 is 0 Å². The summed E-state index contributed by atoms with van der Waals surface area (Å²) in [5, 5.41) is 19.7. The molecule has 0 aliphatic carbocycles. The lowest BCUT2D eigenvalue weighted by Gasteiger charge is -2.22. The van der Waals surface area contributed by atoms with Crippen molar-refractivity contribution in [2.75, 3.05) is 13.1 Å². The van der Waals surface area contributed by atoms with E-state index >= 15 is 0 Å². The van der Waals surface area contributed by atoms with Gasteiger partial charge in [-0.3, -0.25) is 19.7 Å². The molecule has 0 bridgehead atoms. The first-order valence-electron chi connectivity index (χ1n) is 6.17. The number of carboxylic acid groups (broad SMARTS) is 1. The van der Waals surface area contributed by atoms with Crippen molar-refractivity contribution < 1.29 is 24.0 Å². The fourth-order valence-electron chi connectivity index (χ4n) is 1.83. The van der Waals surface area contributed by atoms with Crippen molar-refractivity contribution in [2.24, 2.45) is 5.92 Å². The molecule has 1 rings (SSSR count). The highest BCUT2D eigenvalue weighted by atomic mass is 19.1. The summed E-state index contributed by atoms with van der Waals surface area (Å²) < 4.78 is 13.1. The van der Waals surface area contributed by atoms with Crippen molar-refractivity contribution in [1.82, 2.24) is 4.90 Å². The van der Waals surface area contributed by atoms with Gasteiger partial charge in [-0.2, -0.15) is 0 Å². The Labute approximate surface area is 120 Å². The van der Waals surface area contributed by atoms with Gasteiger partial charge in [-0.1, -0.05) is 13.8 Å². The second-order valence-corrected chi connectivity index (χ2v) is 4.89. The highest BCUT2D eigenvalue weighted by Gasteiger charge is 2.27. The van der Waals surface area contributed by atoms with Gasteiger partial charge < -0.3 is 10.0 Å². The normalized spacial score (nSPS) is 10.5. The summed E-state index contributed by atoms with van der Waals surface area (Å²) in [6, 6.07) is 2.56. The maximum atomic E-state index is 13.1. The van der Waals surface area contributed by atoms with E-state index in [4.69, 9.17) is 5.11 Å². The van der Waals surface area contributed by atoms with Crippen molar-refractivity contribution in [2.45, 2.75) is 13.8 Å². The predicted molar refractivity (Wildman–Crippen MR) is 71.4 cm³/mol. The topological polar surface area (TPSA) is 101 Å². The number of aliphatic carboxylic acids is 1. The molecule has 0 aliphatic heterocycles. The average molecular weight is 298 g/mol. The molecule has 8 heteroatoms. The quantitative estimate of drug-likeness (QED) is 0.638. The molecule has 0 atom stereocenters. The van der Waals surface area contributed by atoms with Crippen LogP contribution in [0.5, 0.6) is 0 Å². The third kappa shape index (κ3) is 4.51. The number of rotatable bonds is 6. The molecule has 0 saturated heterocycles. The summed E-state index contributed by atoms with van der Waals surface area (Å²) in [6.07, 6.45) is 0. The number of hydrogen-bond donors (Lipinski definition) is 1. The minimum Gasteiger partial charge on any atom is -0.480 e. The van der Waals surface area contributed by atoms with Crippen molar-refractivity contribution in [1.29, 1.82) is 0 Å². The van der Waals surface area contributed by atoms with Crippen LogP contribution in [0.2, 0.25) is 0 Å². The number of amides is 1. The van der Waals surface area contributed by atoms with Gasteiger partial charge >= 0.3 is 5.97 Å². The third-order valence-corrected chi connectivity index (χ3v) is 2.59. The Balaban J connectivity index is 3.19. The number of carboxylic acids is 1. The van der Waals surface area contributed by atoms with Crippen LogP contribution in [0, 0.1) is 21.8 Å². The number of nitrogens with zero attached hydrogens (tertiary/aromatic N) is 2. The van der Waals surface area contributed by atoms with E-state index in [-0.39, 0.29) is 18.0 Å². The molecule has 1 aromatic rings. The molecule has 114 valence electrons. The lowest BCUT2D eigenvalue weighted by atomic mass is 10.1. The van der Waals surface area contributed by atoms with Gasteiger partial charge in [0.15, 0.2) is 0 Å². The summed E-state index contributed by atoms with van der Waals surface area (Å²) in [5.41, 5.74) is -1.01. The molecule has 0 aromatic heterocycles. The Kier molecular flexibility index (Phi) is 5.34. The Morgan fingerprint density at radius 1 is 1.43 bits per heavy atom. The maximum absolute atomic E-state index is 13.1. The standard InChI is InChI=1S/C13H15FN2O5/c1-8(2)6-15(7-12(17)18)13(19)10-4-3-9(14)5-11(10)16(20)21/h3-5,8H,6-7H2,1-2H3,(H,17,18). The highest BCUT2D eigenvalue weighted by Crippen LogP contribution is 2.22. The van der Waals surface area contributed by atoms with Crippen LogP contribution in [0.25, 0.3) is 0 Å². The lowest BCUT2D eigenvalue weighted by molar-refractivity contribution is -0.385. The number of carbonyl (C=O) groups is 2.